The minimum atomic E-state index is -0.373. The summed E-state index contributed by atoms with van der Waals surface area (Å²) in [4.78, 5) is 42.4. The van der Waals surface area contributed by atoms with Crippen LogP contribution in [0, 0.1) is 0 Å². The first kappa shape index (κ1) is 22.4. The quantitative estimate of drug-likeness (QED) is 0.427. The second-order valence-electron chi connectivity index (χ2n) is 8.81. The number of anilines is 3. The average Bonchev–Trinajstić information content (AvgIpc) is 3.11. The SMILES string of the molecule is CN1CCCN(C(=O)c2sc3ncnc4c3c2NC(=O)N4c2ccc(Oc3ccccc3)cc2)CC1. The molecule has 6 rings (SSSR count). The summed E-state index contributed by atoms with van der Waals surface area (Å²) in [5.74, 6) is 1.77. The summed E-state index contributed by atoms with van der Waals surface area (Å²) in [6.45, 7) is 3.12. The molecule has 1 N–H and O–H groups in total. The van der Waals surface area contributed by atoms with E-state index in [2.05, 4.69) is 27.2 Å². The maximum Gasteiger partial charge on any atom is 0.332 e. The molecule has 36 heavy (non-hydrogen) atoms. The third-order valence-electron chi connectivity index (χ3n) is 6.39. The summed E-state index contributed by atoms with van der Waals surface area (Å²) in [5, 5.41) is 3.63. The van der Waals surface area contributed by atoms with Crippen LogP contribution in [0.3, 0.4) is 0 Å². The smallest absolute Gasteiger partial charge is 0.332 e. The number of nitrogens with one attached hydrogen (secondary N) is 1. The summed E-state index contributed by atoms with van der Waals surface area (Å²) in [7, 11) is 2.06. The zero-order chi connectivity index (χ0) is 24.6. The van der Waals surface area contributed by atoms with Gasteiger partial charge in [-0.2, -0.15) is 0 Å². The predicted octanol–water partition coefficient (Wildman–Crippen LogP) is 4.94. The molecule has 0 radical (unpaired) electrons. The van der Waals surface area contributed by atoms with Crippen molar-refractivity contribution in [3.05, 3.63) is 65.8 Å². The second kappa shape index (κ2) is 9.21. The molecule has 0 spiro atoms. The van der Waals surface area contributed by atoms with E-state index < -0.39 is 0 Å². The molecule has 0 saturated carbocycles. The van der Waals surface area contributed by atoms with Crippen LogP contribution in [-0.4, -0.2) is 64.9 Å². The van der Waals surface area contributed by atoms with Gasteiger partial charge in [0.05, 0.1) is 16.8 Å². The summed E-state index contributed by atoms with van der Waals surface area (Å²) >= 11 is 1.30. The van der Waals surface area contributed by atoms with E-state index in [1.54, 1.807) is 0 Å². The van der Waals surface area contributed by atoms with Gasteiger partial charge in [0, 0.05) is 19.6 Å². The summed E-state index contributed by atoms with van der Waals surface area (Å²) in [6, 6.07) is 16.4. The predicted molar refractivity (Wildman–Crippen MR) is 140 cm³/mol. The molecule has 0 unspecified atom stereocenters. The Balaban J connectivity index is 1.33. The van der Waals surface area contributed by atoms with Crippen molar-refractivity contribution < 1.29 is 14.3 Å². The second-order valence-corrected chi connectivity index (χ2v) is 9.81. The number of hydrogen-bond donors (Lipinski definition) is 1. The molecule has 2 aliphatic rings. The van der Waals surface area contributed by atoms with E-state index >= 15 is 0 Å². The first-order valence-corrected chi connectivity index (χ1v) is 12.6. The van der Waals surface area contributed by atoms with Crippen LogP contribution in [-0.2, 0) is 0 Å². The Hall–Kier alpha value is -4.02. The van der Waals surface area contributed by atoms with Crippen LogP contribution < -0.4 is 15.0 Å². The number of thiophene rings is 1. The Morgan fingerprint density at radius 1 is 0.972 bits per heavy atom. The highest BCUT2D eigenvalue weighted by atomic mass is 32.1. The highest BCUT2D eigenvalue weighted by Gasteiger charge is 2.35. The van der Waals surface area contributed by atoms with Gasteiger partial charge in [-0.15, -0.1) is 11.3 Å². The zero-order valence-corrected chi connectivity index (χ0v) is 20.5. The third kappa shape index (κ3) is 4.04. The molecule has 4 aromatic rings. The number of benzene rings is 2. The monoisotopic (exact) mass is 500 g/mol. The highest BCUT2D eigenvalue weighted by Crippen LogP contribution is 2.45. The Labute approximate surface area is 211 Å². The molecule has 0 aliphatic carbocycles. The van der Waals surface area contributed by atoms with Crippen molar-refractivity contribution >= 4 is 50.7 Å². The maximum atomic E-state index is 13.5. The lowest BCUT2D eigenvalue weighted by Gasteiger charge is -2.27. The van der Waals surface area contributed by atoms with E-state index in [4.69, 9.17) is 4.74 Å². The highest BCUT2D eigenvalue weighted by molar-refractivity contribution is 7.21. The first-order valence-electron chi connectivity index (χ1n) is 11.8. The lowest BCUT2D eigenvalue weighted by molar-refractivity contribution is 0.0768. The van der Waals surface area contributed by atoms with Gasteiger partial charge in [0.2, 0.25) is 0 Å². The van der Waals surface area contributed by atoms with Crippen LogP contribution in [0.1, 0.15) is 16.1 Å². The minimum absolute atomic E-state index is 0.0783. The van der Waals surface area contributed by atoms with Crippen molar-refractivity contribution in [3.63, 3.8) is 0 Å². The molecule has 1 saturated heterocycles. The first-order chi connectivity index (χ1) is 17.6. The number of rotatable bonds is 4. The number of hydrogen-bond acceptors (Lipinski definition) is 7. The van der Waals surface area contributed by atoms with Gasteiger partial charge in [-0.3, -0.25) is 4.79 Å². The van der Waals surface area contributed by atoms with Crippen molar-refractivity contribution in [3.8, 4) is 11.5 Å². The number of carbonyl (C=O) groups is 2. The van der Waals surface area contributed by atoms with Crippen LogP contribution in [0.5, 0.6) is 11.5 Å². The zero-order valence-electron chi connectivity index (χ0n) is 19.7. The van der Waals surface area contributed by atoms with Gasteiger partial charge < -0.3 is 19.9 Å². The number of likely N-dealkylation sites (N-methyl/N-ethyl adjacent to an activating group) is 1. The molecule has 4 heterocycles. The fourth-order valence-electron chi connectivity index (χ4n) is 4.54. The molecular formula is C26H24N6O3S. The van der Waals surface area contributed by atoms with Gasteiger partial charge in [0.15, 0.2) is 5.82 Å². The van der Waals surface area contributed by atoms with Gasteiger partial charge >= 0.3 is 6.03 Å². The van der Waals surface area contributed by atoms with Crippen molar-refractivity contribution in [1.82, 2.24) is 19.8 Å². The molecule has 2 aromatic carbocycles. The van der Waals surface area contributed by atoms with Crippen molar-refractivity contribution in [2.75, 3.05) is 43.4 Å². The number of para-hydroxylation sites is 1. The molecule has 0 bridgehead atoms. The van der Waals surface area contributed by atoms with E-state index in [0.717, 1.165) is 25.3 Å². The molecule has 9 nitrogen and oxygen atoms in total. The van der Waals surface area contributed by atoms with Crippen LogP contribution in [0.4, 0.5) is 22.0 Å². The van der Waals surface area contributed by atoms with Crippen molar-refractivity contribution in [2.24, 2.45) is 0 Å². The standard InChI is InChI=1S/C26H24N6O3S/c1-30-12-5-13-31(15-14-30)25(33)22-21-20-23(27-16-28-24(20)36-22)32(26(34)29-21)17-8-10-19(11-9-17)35-18-6-3-2-4-7-18/h2-4,6-11,16H,5,12-15H2,1H3,(H,29,34). The summed E-state index contributed by atoms with van der Waals surface area (Å²) in [6.07, 6.45) is 2.35. The fraction of sp³-hybridized carbons (Fsp3) is 0.231. The number of ether oxygens (including phenoxy) is 1. The number of urea groups is 1. The Morgan fingerprint density at radius 3 is 2.56 bits per heavy atom. The Kier molecular flexibility index (Phi) is 5.74. The minimum Gasteiger partial charge on any atom is -0.457 e. The van der Waals surface area contributed by atoms with Crippen molar-refractivity contribution in [1.29, 1.82) is 0 Å². The largest absolute Gasteiger partial charge is 0.457 e. The molecule has 2 aliphatic heterocycles. The van der Waals surface area contributed by atoms with Gasteiger partial charge in [0.1, 0.15) is 27.5 Å². The third-order valence-corrected chi connectivity index (χ3v) is 7.48. The topological polar surface area (TPSA) is 90.9 Å². The fourth-order valence-corrected chi connectivity index (χ4v) is 5.60. The van der Waals surface area contributed by atoms with Crippen LogP contribution >= 0.6 is 11.3 Å². The van der Waals surface area contributed by atoms with E-state index in [0.29, 0.717) is 51.1 Å². The molecule has 182 valence electrons. The molecule has 3 amide bonds. The van der Waals surface area contributed by atoms with E-state index in [9.17, 15) is 9.59 Å². The number of amides is 3. The van der Waals surface area contributed by atoms with Gasteiger partial charge in [-0.1, -0.05) is 18.2 Å². The van der Waals surface area contributed by atoms with Gasteiger partial charge in [-0.05, 0) is 56.4 Å². The number of carbonyl (C=O) groups excluding carboxylic acids is 2. The van der Waals surface area contributed by atoms with E-state index in [1.165, 1.54) is 22.6 Å². The Bertz CT molecular complexity index is 1440. The normalized spacial score (nSPS) is 16.1. The van der Waals surface area contributed by atoms with E-state index in [-0.39, 0.29) is 11.9 Å². The number of nitrogens with zero attached hydrogens (tertiary/aromatic N) is 5. The summed E-state index contributed by atoms with van der Waals surface area (Å²) < 4.78 is 5.88. The van der Waals surface area contributed by atoms with Crippen LogP contribution in [0.15, 0.2) is 60.9 Å². The van der Waals surface area contributed by atoms with Crippen molar-refractivity contribution in [2.45, 2.75) is 6.42 Å². The molecule has 10 heteroatoms. The lowest BCUT2D eigenvalue weighted by atomic mass is 10.2. The average molecular weight is 501 g/mol. The summed E-state index contributed by atoms with van der Waals surface area (Å²) in [5.41, 5.74) is 1.13. The molecule has 1 fully saturated rings. The molecule has 0 atom stereocenters. The molecular weight excluding hydrogens is 476 g/mol. The van der Waals surface area contributed by atoms with Gasteiger partial charge in [-0.25, -0.2) is 19.7 Å². The van der Waals surface area contributed by atoms with E-state index in [1.807, 2.05) is 59.5 Å². The molecule has 2 aromatic heterocycles. The number of aromatic nitrogens is 2. The maximum absolute atomic E-state index is 13.5. The van der Waals surface area contributed by atoms with Crippen LogP contribution in [0.25, 0.3) is 10.2 Å². The van der Waals surface area contributed by atoms with Crippen LogP contribution in [0.2, 0.25) is 0 Å². The van der Waals surface area contributed by atoms with Gasteiger partial charge in [0.25, 0.3) is 5.91 Å². The lowest BCUT2D eigenvalue weighted by Crippen LogP contribution is -2.37. The Morgan fingerprint density at radius 2 is 1.75 bits per heavy atom.